The SMILES string of the molecule is O=C(O)C=CCCN1CCCC(F)C1. The Balaban J connectivity index is 2.14. The van der Waals surface area contributed by atoms with Crippen molar-refractivity contribution in [3.05, 3.63) is 12.2 Å². The highest BCUT2D eigenvalue weighted by Crippen LogP contribution is 2.12. The lowest BCUT2D eigenvalue weighted by Crippen LogP contribution is -2.36. The third-order valence-corrected chi connectivity index (χ3v) is 2.32. The number of carboxylic acid groups (broad SMARTS) is 1. The molecule has 0 aromatic carbocycles. The van der Waals surface area contributed by atoms with E-state index in [9.17, 15) is 9.18 Å². The number of aliphatic carboxylic acids is 1. The molecule has 0 aromatic rings. The molecule has 1 rings (SSSR count). The molecular weight excluding hydrogens is 185 g/mol. The Bertz CT molecular complexity index is 218. The molecule has 1 N–H and O–H groups in total. The minimum absolute atomic E-state index is 0.501. The van der Waals surface area contributed by atoms with Crippen LogP contribution in [-0.2, 0) is 4.79 Å². The van der Waals surface area contributed by atoms with E-state index in [1.165, 1.54) is 0 Å². The molecule has 1 aliphatic heterocycles. The molecule has 0 saturated carbocycles. The molecular formula is C10H16FNO2. The third-order valence-electron chi connectivity index (χ3n) is 2.32. The molecule has 1 atom stereocenters. The normalized spacial score (nSPS) is 24.2. The Morgan fingerprint density at radius 2 is 2.43 bits per heavy atom. The minimum atomic E-state index is -0.924. The Kier molecular flexibility index (Phi) is 4.59. The molecule has 0 aromatic heterocycles. The second-order valence-electron chi connectivity index (χ2n) is 3.57. The summed E-state index contributed by atoms with van der Waals surface area (Å²) in [5.74, 6) is -0.924. The minimum Gasteiger partial charge on any atom is -0.478 e. The summed E-state index contributed by atoms with van der Waals surface area (Å²) in [5, 5.41) is 8.33. The van der Waals surface area contributed by atoms with E-state index in [-0.39, 0.29) is 0 Å². The van der Waals surface area contributed by atoms with Gasteiger partial charge in [0.05, 0.1) is 0 Å². The monoisotopic (exact) mass is 201 g/mol. The first-order valence-corrected chi connectivity index (χ1v) is 4.94. The number of piperidine rings is 1. The van der Waals surface area contributed by atoms with Gasteiger partial charge in [-0.05, 0) is 25.8 Å². The zero-order valence-electron chi connectivity index (χ0n) is 8.16. The summed E-state index contributed by atoms with van der Waals surface area (Å²) in [6.07, 6.45) is 4.30. The van der Waals surface area contributed by atoms with Crippen LogP contribution in [0.3, 0.4) is 0 Å². The summed E-state index contributed by atoms with van der Waals surface area (Å²) in [6.45, 7) is 2.19. The van der Waals surface area contributed by atoms with Gasteiger partial charge in [0.15, 0.2) is 0 Å². The fourth-order valence-electron chi connectivity index (χ4n) is 1.64. The van der Waals surface area contributed by atoms with Crippen molar-refractivity contribution in [3.8, 4) is 0 Å². The molecule has 14 heavy (non-hydrogen) atoms. The van der Waals surface area contributed by atoms with E-state index in [0.29, 0.717) is 19.4 Å². The second-order valence-corrected chi connectivity index (χ2v) is 3.57. The summed E-state index contributed by atoms with van der Waals surface area (Å²) in [5.41, 5.74) is 0. The maximum atomic E-state index is 12.9. The number of carboxylic acids is 1. The quantitative estimate of drug-likeness (QED) is 0.700. The highest BCUT2D eigenvalue weighted by molar-refractivity contribution is 5.79. The Morgan fingerprint density at radius 1 is 1.64 bits per heavy atom. The highest BCUT2D eigenvalue weighted by atomic mass is 19.1. The predicted octanol–water partition coefficient (Wildman–Crippen LogP) is 1.45. The van der Waals surface area contributed by atoms with Crippen molar-refractivity contribution in [3.63, 3.8) is 0 Å². The van der Waals surface area contributed by atoms with Gasteiger partial charge in [0.25, 0.3) is 0 Å². The van der Waals surface area contributed by atoms with Crippen LogP contribution in [0.5, 0.6) is 0 Å². The molecule has 3 nitrogen and oxygen atoms in total. The number of hydrogen-bond acceptors (Lipinski definition) is 2. The Morgan fingerprint density at radius 3 is 3.07 bits per heavy atom. The molecule has 0 amide bonds. The summed E-state index contributed by atoms with van der Waals surface area (Å²) in [4.78, 5) is 12.2. The molecule has 0 bridgehead atoms. The molecule has 0 aliphatic carbocycles. The number of alkyl halides is 1. The Hall–Kier alpha value is -0.900. The largest absolute Gasteiger partial charge is 0.478 e. The van der Waals surface area contributed by atoms with Crippen LogP contribution < -0.4 is 0 Å². The van der Waals surface area contributed by atoms with Gasteiger partial charge in [-0.2, -0.15) is 0 Å². The summed E-state index contributed by atoms with van der Waals surface area (Å²) >= 11 is 0. The zero-order chi connectivity index (χ0) is 10.4. The van der Waals surface area contributed by atoms with Gasteiger partial charge in [-0.3, -0.25) is 0 Å². The lowest BCUT2D eigenvalue weighted by molar-refractivity contribution is -0.131. The maximum absolute atomic E-state index is 12.9. The molecule has 1 fully saturated rings. The van der Waals surface area contributed by atoms with Crippen LogP contribution in [0.2, 0.25) is 0 Å². The van der Waals surface area contributed by atoms with Gasteiger partial charge in [0, 0.05) is 19.2 Å². The van der Waals surface area contributed by atoms with Gasteiger partial charge in [-0.15, -0.1) is 0 Å². The molecule has 80 valence electrons. The number of nitrogens with zero attached hydrogens (tertiary/aromatic N) is 1. The molecule has 4 heteroatoms. The van der Waals surface area contributed by atoms with Crippen molar-refractivity contribution in [2.24, 2.45) is 0 Å². The number of carbonyl (C=O) groups is 1. The average molecular weight is 201 g/mol. The number of likely N-dealkylation sites (tertiary alicyclic amines) is 1. The fraction of sp³-hybridized carbons (Fsp3) is 0.700. The first-order chi connectivity index (χ1) is 6.68. The number of hydrogen-bond donors (Lipinski definition) is 1. The smallest absolute Gasteiger partial charge is 0.327 e. The lowest BCUT2D eigenvalue weighted by atomic mass is 10.1. The Labute approximate surface area is 83.2 Å². The van der Waals surface area contributed by atoms with Gasteiger partial charge < -0.3 is 10.0 Å². The van der Waals surface area contributed by atoms with Crippen molar-refractivity contribution in [1.29, 1.82) is 0 Å². The van der Waals surface area contributed by atoms with E-state index in [2.05, 4.69) is 0 Å². The first-order valence-electron chi connectivity index (χ1n) is 4.94. The first kappa shape index (κ1) is 11.2. The van der Waals surface area contributed by atoms with Crippen molar-refractivity contribution in [2.75, 3.05) is 19.6 Å². The third kappa shape index (κ3) is 4.37. The van der Waals surface area contributed by atoms with Gasteiger partial charge in [0.1, 0.15) is 6.17 Å². The van der Waals surface area contributed by atoms with Gasteiger partial charge in [0.2, 0.25) is 0 Å². The molecule has 0 spiro atoms. The lowest BCUT2D eigenvalue weighted by Gasteiger charge is -2.28. The fourth-order valence-corrected chi connectivity index (χ4v) is 1.64. The van der Waals surface area contributed by atoms with E-state index >= 15 is 0 Å². The van der Waals surface area contributed by atoms with Crippen molar-refractivity contribution in [2.45, 2.75) is 25.4 Å². The van der Waals surface area contributed by atoms with E-state index in [4.69, 9.17) is 5.11 Å². The molecule has 1 aliphatic rings. The standard InChI is InChI=1S/C10H16FNO2/c11-9-4-3-7-12(8-9)6-2-1-5-10(13)14/h1,5,9H,2-4,6-8H2,(H,13,14). The number of rotatable bonds is 4. The molecule has 1 saturated heterocycles. The highest BCUT2D eigenvalue weighted by Gasteiger charge is 2.17. The van der Waals surface area contributed by atoms with Crippen LogP contribution >= 0.6 is 0 Å². The zero-order valence-corrected chi connectivity index (χ0v) is 8.16. The molecule has 1 unspecified atom stereocenters. The van der Waals surface area contributed by atoms with Crippen molar-refractivity contribution >= 4 is 5.97 Å². The van der Waals surface area contributed by atoms with E-state index in [1.807, 2.05) is 4.90 Å². The second kappa shape index (κ2) is 5.75. The number of halogens is 1. The predicted molar refractivity (Wildman–Crippen MR) is 52.0 cm³/mol. The average Bonchev–Trinajstić information content (AvgIpc) is 2.12. The van der Waals surface area contributed by atoms with Crippen LogP contribution in [0.15, 0.2) is 12.2 Å². The maximum Gasteiger partial charge on any atom is 0.327 e. The van der Waals surface area contributed by atoms with Crippen LogP contribution in [0.25, 0.3) is 0 Å². The van der Waals surface area contributed by atoms with Gasteiger partial charge >= 0.3 is 5.97 Å². The van der Waals surface area contributed by atoms with Crippen LogP contribution in [0.4, 0.5) is 4.39 Å². The van der Waals surface area contributed by atoms with Crippen LogP contribution in [-0.4, -0.2) is 41.8 Å². The van der Waals surface area contributed by atoms with Crippen LogP contribution in [0.1, 0.15) is 19.3 Å². The van der Waals surface area contributed by atoms with Crippen molar-refractivity contribution < 1.29 is 14.3 Å². The molecule has 0 radical (unpaired) electrons. The molecule has 1 heterocycles. The van der Waals surface area contributed by atoms with Crippen LogP contribution in [0, 0.1) is 0 Å². The summed E-state index contributed by atoms with van der Waals surface area (Å²) in [6, 6.07) is 0. The summed E-state index contributed by atoms with van der Waals surface area (Å²) < 4.78 is 12.9. The topological polar surface area (TPSA) is 40.5 Å². The van der Waals surface area contributed by atoms with E-state index in [0.717, 1.165) is 25.6 Å². The summed E-state index contributed by atoms with van der Waals surface area (Å²) in [7, 11) is 0. The van der Waals surface area contributed by atoms with Crippen molar-refractivity contribution in [1.82, 2.24) is 4.90 Å². The van der Waals surface area contributed by atoms with Gasteiger partial charge in [-0.25, -0.2) is 9.18 Å². The van der Waals surface area contributed by atoms with E-state index < -0.39 is 12.1 Å². The van der Waals surface area contributed by atoms with Gasteiger partial charge in [-0.1, -0.05) is 6.08 Å². The van der Waals surface area contributed by atoms with E-state index in [1.54, 1.807) is 6.08 Å².